The SMILES string of the molecule is C=C(C)C(=O)SS(=O)(=O)OCCC. The standard InChI is InChI=1S/C7H12O4S2/c1-4-5-11-13(9,10)12-7(8)6(2)3/h2,4-5H2,1,3H3. The van der Waals surface area contributed by atoms with Crippen LogP contribution in [0.3, 0.4) is 0 Å². The van der Waals surface area contributed by atoms with Gasteiger partial charge in [-0.3, -0.25) is 8.98 Å². The third-order valence-electron chi connectivity index (χ3n) is 0.958. The molecule has 0 aliphatic rings. The molecule has 0 rings (SSSR count). The fraction of sp³-hybridized carbons (Fsp3) is 0.571. The highest BCUT2D eigenvalue weighted by atomic mass is 33.1. The van der Waals surface area contributed by atoms with E-state index in [0.717, 1.165) is 0 Å². The van der Waals surface area contributed by atoms with E-state index in [4.69, 9.17) is 0 Å². The molecule has 0 fully saturated rings. The molecule has 6 heteroatoms. The Morgan fingerprint density at radius 1 is 1.54 bits per heavy atom. The fourth-order valence-electron chi connectivity index (χ4n) is 0.373. The van der Waals surface area contributed by atoms with Gasteiger partial charge in [0.1, 0.15) is 0 Å². The third kappa shape index (κ3) is 5.84. The highest BCUT2D eigenvalue weighted by Crippen LogP contribution is 2.18. The Kier molecular flexibility index (Phi) is 5.27. The summed E-state index contributed by atoms with van der Waals surface area (Å²) in [6.07, 6.45) is 0.584. The van der Waals surface area contributed by atoms with Crippen molar-refractivity contribution in [3.05, 3.63) is 12.2 Å². The van der Waals surface area contributed by atoms with Gasteiger partial charge in [0.15, 0.2) is 0 Å². The van der Waals surface area contributed by atoms with Crippen molar-refractivity contribution in [2.75, 3.05) is 6.61 Å². The third-order valence-corrected chi connectivity index (χ3v) is 3.47. The van der Waals surface area contributed by atoms with Crippen molar-refractivity contribution in [2.45, 2.75) is 20.3 Å². The smallest absolute Gasteiger partial charge is 0.281 e. The van der Waals surface area contributed by atoms with Crippen LogP contribution in [0.15, 0.2) is 12.2 Å². The van der Waals surface area contributed by atoms with Crippen molar-refractivity contribution < 1.29 is 17.4 Å². The summed E-state index contributed by atoms with van der Waals surface area (Å²) in [5.41, 5.74) is 0.189. The zero-order valence-corrected chi connectivity index (χ0v) is 9.20. The normalized spacial score (nSPS) is 11.2. The summed E-state index contributed by atoms with van der Waals surface area (Å²) < 4.78 is 26.4. The maximum absolute atomic E-state index is 11.0. The van der Waals surface area contributed by atoms with Crippen LogP contribution in [0, 0.1) is 0 Å². The average molecular weight is 224 g/mol. The molecule has 0 aliphatic heterocycles. The van der Waals surface area contributed by atoms with Gasteiger partial charge in [0.05, 0.1) is 17.4 Å². The predicted molar refractivity (Wildman–Crippen MR) is 52.6 cm³/mol. The molecule has 4 nitrogen and oxygen atoms in total. The van der Waals surface area contributed by atoms with Gasteiger partial charge >= 0.3 is 9.15 Å². The summed E-state index contributed by atoms with van der Waals surface area (Å²) in [6, 6.07) is 0. The van der Waals surface area contributed by atoms with E-state index in [0.29, 0.717) is 6.42 Å². The molecule has 0 saturated carbocycles. The molecule has 76 valence electrons. The van der Waals surface area contributed by atoms with Gasteiger partial charge in [-0.15, -0.1) is 0 Å². The van der Waals surface area contributed by atoms with Crippen LogP contribution in [-0.4, -0.2) is 20.1 Å². The maximum atomic E-state index is 11.0. The molecule has 0 amide bonds. The molecular formula is C7H12O4S2. The lowest BCUT2D eigenvalue weighted by Crippen LogP contribution is -2.06. The van der Waals surface area contributed by atoms with Crippen LogP contribution >= 0.6 is 10.8 Å². The van der Waals surface area contributed by atoms with Gasteiger partial charge < -0.3 is 0 Å². The molecule has 0 aromatic rings. The number of hydrogen-bond donors (Lipinski definition) is 0. The van der Waals surface area contributed by atoms with E-state index in [1.165, 1.54) is 6.92 Å². The van der Waals surface area contributed by atoms with Gasteiger partial charge in [-0.05, 0) is 18.9 Å². The summed E-state index contributed by atoms with van der Waals surface area (Å²) in [6.45, 7) is 6.65. The monoisotopic (exact) mass is 224 g/mol. The average Bonchev–Trinajstić information content (AvgIpc) is 2.00. The van der Waals surface area contributed by atoms with Crippen molar-refractivity contribution in [1.29, 1.82) is 0 Å². The summed E-state index contributed by atoms with van der Waals surface area (Å²) in [5, 5.41) is -0.587. The van der Waals surface area contributed by atoms with Gasteiger partial charge in [0, 0.05) is 0 Å². The molecule has 0 N–H and O–H groups in total. The van der Waals surface area contributed by atoms with Crippen molar-refractivity contribution in [1.82, 2.24) is 0 Å². The van der Waals surface area contributed by atoms with Crippen LogP contribution in [-0.2, 0) is 18.1 Å². The van der Waals surface area contributed by atoms with E-state index in [2.05, 4.69) is 10.8 Å². The maximum Gasteiger partial charge on any atom is 0.329 e. The number of rotatable bonds is 5. The second-order valence-corrected chi connectivity index (χ2v) is 5.70. The summed E-state index contributed by atoms with van der Waals surface area (Å²) in [4.78, 5) is 10.9. The molecule has 0 radical (unpaired) electrons. The highest BCUT2D eigenvalue weighted by molar-refractivity contribution is 8.76. The highest BCUT2D eigenvalue weighted by Gasteiger charge is 2.18. The van der Waals surface area contributed by atoms with Gasteiger partial charge in [0.25, 0.3) is 0 Å². The van der Waals surface area contributed by atoms with Gasteiger partial charge in [-0.2, -0.15) is 8.42 Å². The van der Waals surface area contributed by atoms with Crippen LogP contribution in [0.4, 0.5) is 0 Å². The molecule has 0 unspecified atom stereocenters. The first-order chi connectivity index (χ1) is 5.89. The lowest BCUT2D eigenvalue weighted by atomic mass is 10.4. The van der Waals surface area contributed by atoms with Crippen molar-refractivity contribution >= 4 is 25.1 Å². The lowest BCUT2D eigenvalue weighted by Gasteiger charge is -2.01. The topological polar surface area (TPSA) is 60.4 Å². The molecule has 0 aromatic heterocycles. The molecule has 13 heavy (non-hydrogen) atoms. The van der Waals surface area contributed by atoms with Gasteiger partial charge in [-0.1, -0.05) is 13.5 Å². The number of carbonyl (C=O) groups is 1. The Hall–Kier alpha value is -0.330. The first kappa shape index (κ1) is 12.7. The summed E-state index contributed by atoms with van der Waals surface area (Å²) >= 11 is 0. The first-order valence-corrected chi connectivity index (χ1v) is 6.42. The lowest BCUT2D eigenvalue weighted by molar-refractivity contribution is -0.107. The quantitative estimate of drug-likeness (QED) is 0.523. The van der Waals surface area contributed by atoms with E-state index in [1.807, 2.05) is 0 Å². The number of hydrogen-bond acceptors (Lipinski definition) is 5. The Morgan fingerprint density at radius 2 is 2.08 bits per heavy atom. The molecule has 0 atom stereocenters. The Morgan fingerprint density at radius 3 is 2.46 bits per heavy atom. The minimum absolute atomic E-state index is 0.0960. The van der Waals surface area contributed by atoms with Crippen LogP contribution in [0.2, 0.25) is 0 Å². The van der Waals surface area contributed by atoms with Crippen molar-refractivity contribution in [2.24, 2.45) is 0 Å². The second kappa shape index (κ2) is 5.41. The second-order valence-electron chi connectivity index (χ2n) is 2.38. The van der Waals surface area contributed by atoms with Gasteiger partial charge in [-0.25, -0.2) is 0 Å². The predicted octanol–water partition coefficient (Wildman–Crippen LogP) is 1.49. The zero-order chi connectivity index (χ0) is 10.5. The molecule has 0 bridgehead atoms. The Bertz CT molecular complexity index is 292. The molecule has 0 spiro atoms. The Labute approximate surface area is 81.9 Å². The summed E-state index contributed by atoms with van der Waals surface area (Å²) in [7, 11) is -3.62. The summed E-state index contributed by atoms with van der Waals surface area (Å²) in [5.74, 6) is 0. The minimum Gasteiger partial charge on any atom is -0.281 e. The van der Waals surface area contributed by atoms with E-state index < -0.39 is 14.3 Å². The van der Waals surface area contributed by atoms with Crippen LogP contribution in [0.25, 0.3) is 0 Å². The van der Waals surface area contributed by atoms with Crippen LogP contribution < -0.4 is 0 Å². The zero-order valence-electron chi connectivity index (χ0n) is 7.57. The first-order valence-electron chi connectivity index (χ1n) is 3.67. The number of carbonyl (C=O) groups excluding carboxylic acids is 1. The fourth-order valence-corrected chi connectivity index (χ4v) is 2.45. The molecule has 0 aliphatic carbocycles. The van der Waals surface area contributed by atoms with E-state index in [9.17, 15) is 13.2 Å². The minimum atomic E-state index is -3.78. The molecule has 0 saturated heterocycles. The Balaban J connectivity index is 4.18. The van der Waals surface area contributed by atoms with Crippen LogP contribution in [0.5, 0.6) is 0 Å². The van der Waals surface area contributed by atoms with E-state index in [-0.39, 0.29) is 23.0 Å². The van der Waals surface area contributed by atoms with Crippen LogP contribution in [0.1, 0.15) is 20.3 Å². The van der Waals surface area contributed by atoms with Crippen molar-refractivity contribution in [3.63, 3.8) is 0 Å². The molecule has 0 aromatic carbocycles. The molecular weight excluding hydrogens is 212 g/mol. The van der Waals surface area contributed by atoms with E-state index in [1.54, 1.807) is 6.92 Å². The van der Waals surface area contributed by atoms with Crippen molar-refractivity contribution in [3.8, 4) is 0 Å². The van der Waals surface area contributed by atoms with E-state index >= 15 is 0 Å². The molecule has 0 heterocycles. The van der Waals surface area contributed by atoms with Gasteiger partial charge in [0.2, 0.25) is 5.12 Å². The largest absolute Gasteiger partial charge is 0.329 e.